The van der Waals surface area contributed by atoms with Crippen LogP contribution in [-0.2, 0) is 4.79 Å². The predicted octanol–water partition coefficient (Wildman–Crippen LogP) is 5.09. The highest BCUT2D eigenvalue weighted by atomic mass is 32.1. The van der Waals surface area contributed by atoms with E-state index in [1.165, 1.54) is 17.0 Å². The molecule has 0 aliphatic carbocycles. The third-order valence-electron chi connectivity index (χ3n) is 6.52. The number of pyridine rings is 1. The van der Waals surface area contributed by atoms with E-state index in [-0.39, 0.29) is 24.4 Å². The van der Waals surface area contributed by atoms with Gasteiger partial charge in [0.2, 0.25) is 5.91 Å². The highest BCUT2D eigenvalue weighted by Gasteiger charge is 2.41. The summed E-state index contributed by atoms with van der Waals surface area (Å²) < 4.78 is 7.71. The minimum Gasteiger partial charge on any atom is -0.495 e. The van der Waals surface area contributed by atoms with E-state index in [1.54, 1.807) is 13.3 Å². The number of para-hydroxylation sites is 2. The smallest absolute Gasteiger partial charge is 0.226 e. The lowest BCUT2D eigenvalue weighted by atomic mass is 9.96. The lowest BCUT2D eigenvalue weighted by molar-refractivity contribution is -0.116. The van der Waals surface area contributed by atoms with E-state index >= 15 is 0 Å². The van der Waals surface area contributed by atoms with Crippen molar-refractivity contribution in [2.45, 2.75) is 52.2 Å². The van der Waals surface area contributed by atoms with E-state index in [4.69, 9.17) is 17.0 Å². The van der Waals surface area contributed by atoms with Gasteiger partial charge >= 0.3 is 0 Å². The molecule has 1 aromatic carbocycles. The van der Waals surface area contributed by atoms with Gasteiger partial charge in [-0.2, -0.15) is 0 Å². The fraction of sp³-hybridized carbons (Fsp3) is 0.370. The first kappa shape index (κ1) is 24.7. The van der Waals surface area contributed by atoms with Crippen LogP contribution in [0.25, 0.3) is 0 Å². The average molecular weight is 492 g/mol. The van der Waals surface area contributed by atoms with Gasteiger partial charge in [-0.15, -0.1) is 0 Å². The van der Waals surface area contributed by atoms with Crippen molar-refractivity contribution in [3.8, 4) is 5.75 Å². The van der Waals surface area contributed by atoms with Crippen LogP contribution in [0.4, 0.5) is 5.69 Å². The highest BCUT2D eigenvalue weighted by Crippen LogP contribution is 2.41. The molecule has 2 atom stereocenters. The molecule has 0 saturated carbocycles. The van der Waals surface area contributed by atoms with E-state index in [2.05, 4.69) is 58.8 Å². The van der Waals surface area contributed by atoms with Gasteiger partial charge in [0.05, 0.1) is 30.6 Å². The second kappa shape index (κ2) is 10.5. The summed E-state index contributed by atoms with van der Waals surface area (Å²) in [6, 6.07) is 15.7. The molecule has 7 nitrogen and oxygen atoms in total. The van der Waals surface area contributed by atoms with Crippen molar-refractivity contribution in [3.63, 3.8) is 0 Å². The Morgan fingerprint density at radius 2 is 1.94 bits per heavy atom. The average Bonchev–Trinajstić information content (AvgIpc) is 3.33. The molecule has 3 heterocycles. The number of nitrogens with one attached hydrogen (secondary N) is 2. The Hall–Kier alpha value is -3.39. The van der Waals surface area contributed by atoms with Crippen LogP contribution in [0.15, 0.2) is 54.7 Å². The normalized spacial score (nSPS) is 17.5. The van der Waals surface area contributed by atoms with Crippen LogP contribution in [-0.4, -0.2) is 39.1 Å². The number of amides is 1. The van der Waals surface area contributed by atoms with Gasteiger partial charge in [-0.1, -0.05) is 18.2 Å². The Morgan fingerprint density at radius 3 is 2.60 bits per heavy atom. The van der Waals surface area contributed by atoms with E-state index in [0.29, 0.717) is 29.1 Å². The molecule has 1 fully saturated rings. The van der Waals surface area contributed by atoms with E-state index in [9.17, 15) is 4.79 Å². The number of rotatable bonds is 8. The third-order valence-corrected chi connectivity index (χ3v) is 6.87. The minimum atomic E-state index is -0.109. The van der Waals surface area contributed by atoms with E-state index in [1.807, 2.05) is 42.5 Å². The van der Waals surface area contributed by atoms with Crippen molar-refractivity contribution in [1.29, 1.82) is 0 Å². The topological polar surface area (TPSA) is 71.4 Å². The van der Waals surface area contributed by atoms with Gasteiger partial charge in [0, 0.05) is 36.6 Å². The van der Waals surface area contributed by atoms with Crippen LogP contribution < -0.4 is 15.4 Å². The lowest BCUT2D eigenvalue weighted by Gasteiger charge is -2.28. The highest BCUT2D eigenvalue weighted by molar-refractivity contribution is 7.80. The molecular weight excluding hydrogens is 458 g/mol. The van der Waals surface area contributed by atoms with E-state index < -0.39 is 0 Å². The summed E-state index contributed by atoms with van der Waals surface area (Å²) in [5, 5.41) is 7.08. The number of aromatic nitrogens is 2. The second-order valence-corrected chi connectivity index (χ2v) is 9.50. The Bertz CT molecular complexity index is 1210. The first-order chi connectivity index (χ1) is 16.8. The zero-order valence-electron chi connectivity index (χ0n) is 20.9. The summed E-state index contributed by atoms with van der Waals surface area (Å²) in [7, 11) is 1.59. The molecule has 2 aromatic heterocycles. The van der Waals surface area contributed by atoms with Crippen LogP contribution in [0.1, 0.15) is 61.0 Å². The van der Waals surface area contributed by atoms with Crippen molar-refractivity contribution in [1.82, 2.24) is 19.8 Å². The molecule has 1 aliphatic heterocycles. The number of thiocarbonyl (C=S) groups is 1. The molecule has 0 unspecified atom stereocenters. The number of methoxy groups -OCH3 is 1. The number of ether oxygens (including phenoxy) is 1. The number of hydrogen-bond acceptors (Lipinski definition) is 4. The van der Waals surface area contributed by atoms with Crippen LogP contribution in [0.5, 0.6) is 5.75 Å². The molecule has 1 amide bonds. The Labute approximate surface area is 212 Å². The van der Waals surface area contributed by atoms with Gasteiger partial charge < -0.3 is 24.8 Å². The number of hydrogen-bond donors (Lipinski definition) is 2. The van der Waals surface area contributed by atoms with Crippen LogP contribution in [0.2, 0.25) is 0 Å². The summed E-state index contributed by atoms with van der Waals surface area (Å²) in [6.07, 6.45) is 2.09. The van der Waals surface area contributed by atoms with Gasteiger partial charge in [0.15, 0.2) is 5.11 Å². The summed E-state index contributed by atoms with van der Waals surface area (Å²) in [5.41, 5.74) is 5.20. The molecule has 0 radical (unpaired) electrons. The molecule has 184 valence electrons. The monoisotopic (exact) mass is 491 g/mol. The molecule has 4 rings (SSSR count). The lowest BCUT2D eigenvalue weighted by Crippen LogP contribution is -2.33. The van der Waals surface area contributed by atoms with Gasteiger partial charge in [-0.3, -0.25) is 9.78 Å². The van der Waals surface area contributed by atoms with Crippen molar-refractivity contribution >= 4 is 28.9 Å². The first-order valence-corrected chi connectivity index (χ1v) is 12.3. The Balaban J connectivity index is 1.61. The predicted molar refractivity (Wildman–Crippen MR) is 143 cm³/mol. The molecular formula is C27H33N5O2S. The molecule has 35 heavy (non-hydrogen) atoms. The molecule has 1 aliphatic rings. The van der Waals surface area contributed by atoms with Gasteiger partial charge in [-0.25, -0.2) is 0 Å². The van der Waals surface area contributed by atoms with Gasteiger partial charge in [-0.05, 0) is 75.8 Å². The maximum absolute atomic E-state index is 12.9. The van der Waals surface area contributed by atoms with Crippen LogP contribution in [0, 0.1) is 13.8 Å². The van der Waals surface area contributed by atoms with Crippen LogP contribution in [0.3, 0.4) is 0 Å². The minimum absolute atomic E-state index is 0.0739. The molecule has 2 N–H and O–H groups in total. The molecule has 3 aromatic rings. The Kier molecular flexibility index (Phi) is 7.40. The SMILES string of the molecule is COc1ccccc1NC(=O)CCN1C(=S)N[C@H](c2ccccn2)[C@H]1c1cc(C)n(C(C)C)c1C. The number of aryl methyl sites for hydroxylation is 1. The largest absolute Gasteiger partial charge is 0.495 e. The second-order valence-electron chi connectivity index (χ2n) is 9.11. The number of anilines is 1. The molecule has 1 saturated heterocycles. The molecule has 0 bridgehead atoms. The van der Waals surface area contributed by atoms with E-state index in [0.717, 1.165) is 5.69 Å². The zero-order chi connectivity index (χ0) is 25.1. The summed E-state index contributed by atoms with van der Waals surface area (Å²) in [4.78, 5) is 19.6. The van der Waals surface area contributed by atoms with Crippen molar-refractivity contribution in [2.75, 3.05) is 19.0 Å². The maximum atomic E-state index is 12.9. The summed E-state index contributed by atoms with van der Waals surface area (Å²) in [5.74, 6) is 0.540. The van der Waals surface area contributed by atoms with Crippen molar-refractivity contribution < 1.29 is 9.53 Å². The summed E-state index contributed by atoms with van der Waals surface area (Å²) >= 11 is 5.78. The zero-order valence-corrected chi connectivity index (χ0v) is 21.7. The number of nitrogens with zero attached hydrogens (tertiary/aromatic N) is 3. The quantitative estimate of drug-likeness (QED) is 0.428. The number of carbonyl (C=O) groups excluding carboxylic acids is 1. The van der Waals surface area contributed by atoms with Crippen molar-refractivity contribution in [2.24, 2.45) is 0 Å². The number of carbonyl (C=O) groups is 1. The standard InChI is InChI=1S/C27H33N5O2S/c1-17(2)32-18(3)16-20(19(32)4)26-25(22-11-8-9-14-28-22)30-27(35)31(26)15-13-24(33)29-21-10-6-7-12-23(21)34-5/h6-12,14,16-17,25-26H,13,15H2,1-5H3,(H,29,33)(H,30,35)/t25-,26-/m1/s1. The maximum Gasteiger partial charge on any atom is 0.226 e. The van der Waals surface area contributed by atoms with Crippen molar-refractivity contribution in [3.05, 3.63) is 77.4 Å². The van der Waals surface area contributed by atoms with Crippen LogP contribution >= 0.6 is 12.2 Å². The fourth-order valence-corrected chi connectivity index (χ4v) is 5.40. The summed E-state index contributed by atoms with van der Waals surface area (Å²) in [6.45, 7) is 9.16. The number of benzene rings is 1. The third kappa shape index (κ3) is 5.03. The fourth-order valence-electron chi connectivity index (χ4n) is 5.06. The first-order valence-electron chi connectivity index (χ1n) is 11.9. The van der Waals surface area contributed by atoms with Gasteiger partial charge in [0.1, 0.15) is 5.75 Å². The molecule has 8 heteroatoms. The Morgan fingerprint density at radius 1 is 1.20 bits per heavy atom. The molecule has 0 spiro atoms. The van der Waals surface area contributed by atoms with Gasteiger partial charge in [0.25, 0.3) is 0 Å².